The van der Waals surface area contributed by atoms with Crippen LogP contribution in [0.1, 0.15) is 54.6 Å². The molecule has 5 heteroatoms. The van der Waals surface area contributed by atoms with Gasteiger partial charge in [0, 0.05) is 18.7 Å². The largest absolute Gasteiger partial charge is 0.490 e. The van der Waals surface area contributed by atoms with E-state index in [1.54, 1.807) is 12.1 Å². The molecule has 1 aliphatic heterocycles. The molecular formula is C24H32N2O3. The fourth-order valence-electron chi connectivity index (χ4n) is 3.59. The number of amides is 1. The molecule has 1 fully saturated rings. The Kier molecular flexibility index (Phi) is 7.94. The average molecular weight is 397 g/mol. The predicted octanol–water partition coefficient (Wildman–Crippen LogP) is 4.40. The van der Waals surface area contributed by atoms with Crippen molar-refractivity contribution in [2.45, 2.75) is 46.2 Å². The van der Waals surface area contributed by atoms with Crippen molar-refractivity contribution in [1.29, 1.82) is 0 Å². The normalized spacial score (nSPS) is 14.0. The molecule has 0 aromatic heterocycles. The number of ether oxygens (including phenoxy) is 2. The second-order valence-electron chi connectivity index (χ2n) is 7.38. The van der Waals surface area contributed by atoms with E-state index in [0.717, 1.165) is 26.1 Å². The van der Waals surface area contributed by atoms with E-state index in [-0.39, 0.29) is 5.91 Å². The van der Waals surface area contributed by atoms with Crippen molar-refractivity contribution in [3.05, 3.63) is 59.2 Å². The first-order valence-corrected chi connectivity index (χ1v) is 10.7. The van der Waals surface area contributed by atoms with Crippen LogP contribution >= 0.6 is 0 Å². The molecule has 2 aromatic rings. The number of nitrogens with one attached hydrogen (secondary N) is 1. The molecule has 1 saturated heterocycles. The summed E-state index contributed by atoms with van der Waals surface area (Å²) in [6.07, 6.45) is 3.47. The van der Waals surface area contributed by atoms with Crippen LogP contribution in [0.3, 0.4) is 0 Å². The van der Waals surface area contributed by atoms with Crippen LogP contribution in [0.25, 0.3) is 0 Å². The number of hydrogen-bond donors (Lipinski definition) is 1. The van der Waals surface area contributed by atoms with Gasteiger partial charge in [0.25, 0.3) is 5.91 Å². The van der Waals surface area contributed by atoms with Crippen LogP contribution in [-0.4, -0.2) is 37.1 Å². The topological polar surface area (TPSA) is 50.8 Å². The molecule has 0 spiro atoms. The molecule has 1 amide bonds. The molecule has 1 N–H and O–H groups in total. The van der Waals surface area contributed by atoms with E-state index in [0.29, 0.717) is 36.8 Å². The molecule has 1 aliphatic rings. The molecule has 0 bridgehead atoms. The maximum Gasteiger partial charge on any atom is 0.251 e. The minimum absolute atomic E-state index is 0.107. The molecule has 156 valence electrons. The van der Waals surface area contributed by atoms with Gasteiger partial charge in [0.15, 0.2) is 11.5 Å². The summed E-state index contributed by atoms with van der Waals surface area (Å²) in [5.74, 6) is 1.19. The van der Waals surface area contributed by atoms with Gasteiger partial charge in [0.05, 0.1) is 13.2 Å². The lowest BCUT2D eigenvalue weighted by atomic mass is 10.1. The minimum atomic E-state index is -0.107. The molecule has 5 nitrogen and oxygen atoms in total. The lowest BCUT2D eigenvalue weighted by molar-refractivity contribution is 0.0950. The van der Waals surface area contributed by atoms with Crippen molar-refractivity contribution in [2.24, 2.45) is 0 Å². The minimum Gasteiger partial charge on any atom is -0.490 e. The summed E-state index contributed by atoms with van der Waals surface area (Å²) in [7, 11) is 0. The molecule has 3 rings (SSSR count). The van der Waals surface area contributed by atoms with E-state index < -0.39 is 0 Å². The van der Waals surface area contributed by atoms with E-state index in [1.165, 1.54) is 24.0 Å². The predicted molar refractivity (Wildman–Crippen MR) is 116 cm³/mol. The molecular weight excluding hydrogens is 364 g/mol. The molecule has 0 radical (unpaired) electrons. The first kappa shape index (κ1) is 21.2. The third-order valence-electron chi connectivity index (χ3n) is 5.12. The number of likely N-dealkylation sites (tertiary alicyclic amines) is 1. The van der Waals surface area contributed by atoms with Crippen LogP contribution in [0.4, 0.5) is 0 Å². The van der Waals surface area contributed by atoms with Crippen molar-refractivity contribution < 1.29 is 14.3 Å². The number of carbonyl (C=O) groups excluding carboxylic acids is 1. The third kappa shape index (κ3) is 5.97. The summed E-state index contributed by atoms with van der Waals surface area (Å²) in [5, 5.41) is 3.06. The second-order valence-corrected chi connectivity index (χ2v) is 7.38. The van der Waals surface area contributed by atoms with Gasteiger partial charge in [0.2, 0.25) is 0 Å². The molecule has 0 unspecified atom stereocenters. The Morgan fingerprint density at radius 1 is 1.00 bits per heavy atom. The van der Waals surface area contributed by atoms with Gasteiger partial charge in [-0.2, -0.15) is 0 Å². The van der Waals surface area contributed by atoms with E-state index >= 15 is 0 Å². The highest BCUT2D eigenvalue weighted by Gasteiger charge is 2.15. The van der Waals surface area contributed by atoms with Gasteiger partial charge in [-0.1, -0.05) is 31.2 Å². The zero-order valence-corrected chi connectivity index (χ0v) is 17.6. The van der Waals surface area contributed by atoms with Crippen molar-refractivity contribution in [3.63, 3.8) is 0 Å². The van der Waals surface area contributed by atoms with Crippen LogP contribution in [-0.2, 0) is 13.1 Å². The van der Waals surface area contributed by atoms with Gasteiger partial charge in [-0.25, -0.2) is 0 Å². The molecule has 0 aliphatic carbocycles. The van der Waals surface area contributed by atoms with Crippen molar-refractivity contribution >= 4 is 5.91 Å². The average Bonchev–Trinajstić information content (AvgIpc) is 3.25. The first-order valence-electron chi connectivity index (χ1n) is 10.7. The van der Waals surface area contributed by atoms with E-state index in [9.17, 15) is 4.79 Å². The summed E-state index contributed by atoms with van der Waals surface area (Å²) in [4.78, 5) is 15.2. The maximum absolute atomic E-state index is 12.7. The van der Waals surface area contributed by atoms with Gasteiger partial charge >= 0.3 is 0 Å². The number of benzene rings is 2. The van der Waals surface area contributed by atoms with Gasteiger partial charge in [0.1, 0.15) is 0 Å². The molecule has 29 heavy (non-hydrogen) atoms. The summed E-state index contributed by atoms with van der Waals surface area (Å²) in [6, 6.07) is 13.7. The maximum atomic E-state index is 12.7. The van der Waals surface area contributed by atoms with Crippen LogP contribution in [0, 0.1) is 0 Å². The Hall–Kier alpha value is -2.53. The zero-order valence-electron chi connectivity index (χ0n) is 17.6. The smallest absolute Gasteiger partial charge is 0.251 e. The summed E-state index contributed by atoms with van der Waals surface area (Å²) < 4.78 is 11.4. The van der Waals surface area contributed by atoms with Gasteiger partial charge in [-0.05, 0) is 68.6 Å². The van der Waals surface area contributed by atoms with Crippen LogP contribution < -0.4 is 14.8 Å². The lowest BCUT2D eigenvalue weighted by Crippen LogP contribution is -2.25. The summed E-state index contributed by atoms with van der Waals surface area (Å²) >= 11 is 0. The highest BCUT2D eigenvalue weighted by atomic mass is 16.5. The zero-order chi connectivity index (χ0) is 20.5. The van der Waals surface area contributed by atoms with Gasteiger partial charge < -0.3 is 14.8 Å². The fraction of sp³-hybridized carbons (Fsp3) is 0.458. The van der Waals surface area contributed by atoms with Crippen LogP contribution in [0.2, 0.25) is 0 Å². The van der Waals surface area contributed by atoms with E-state index in [4.69, 9.17) is 9.47 Å². The molecule has 0 atom stereocenters. The van der Waals surface area contributed by atoms with Crippen LogP contribution in [0.15, 0.2) is 42.5 Å². The lowest BCUT2D eigenvalue weighted by Gasteiger charge is -2.18. The Labute approximate surface area is 174 Å². The Bertz CT molecular complexity index is 800. The SMILES string of the molecule is CCCOc1ccc(C(=O)NCc2ccccc2CN2CCCC2)cc1OCC. The second kappa shape index (κ2) is 10.9. The van der Waals surface area contributed by atoms with Gasteiger partial charge in [-0.15, -0.1) is 0 Å². The standard InChI is InChI=1S/C24H32N2O3/c1-3-15-29-22-12-11-19(16-23(22)28-4-2)24(27)25-17-20-9-5-6-10-21(20)18-26-13-7-8-14-26/h5-6,9-12,16H,3-4,7-8,13-15,17-18H2,1-2H3,(H,25,27). The number of carbonyl (C=O) groups is 1. The number of hydrogen-bond acceptors (Lipinski definition) is 4. The summed E-state index contributed by atoms with van der Waals surface area (Å²) in [5.41, 5.74) is 3.03. The monoisotopic (exact) mass is 396 g/mol. The first-order chi connectivity index (χ1) is 14.2. The fourth-order valence-corrected chi connectivity index (χ4v) is 3.59. The Morgan fingerprint density at radius 2 is 1.76 bits per heavy atom. The number of rotatable bonds is 10. The highest BCUT2D eigenvalue weighted by molar-refractivity contribution is 5.94. The Morgan fingerprint density at radius 3 is 2.48 bits per heavy atom. The van der Waals surface area contributed by atoms with Crippen molar-refractivity contribution in [1.82, 2.24) is 10.2 Å². The van der Waals surface area contributed by atoms with E-state index in [1.807, 2.05) is 19.1 Å². The third-order valence-corrected chi connectivity index (χ3v) is 5.12. The quantitative estimate of drug-likeness (QED) is 0.647. The number of nitrogens with zero attached hydrogens (tertiary/aromatic N) is 1. The summed E-state index contributed by atoms with van der Waals surface area (Å²) in [6.45, 7) is 8.92. The molecule has 1 heterocycles. The van der Waals surface area contributed by atoms with Crippen LogP contribution in [0.5, 0.6) is 11.5 Å². The highest BCUT2D eigenvalue weighted by Crippen LogP contribution is 2.28. The van der Waals surface area contributed by atoms with Crippen molar-refractivity contribution in [3.8, 4) is 11.5 Å². The Balaban J connectivity index is 1.65. The molecule has 0 saturated carbocycles. The molecule has 2 aromatic carbocycles. The van der Waals surface area contributed by atoms with Gasteiger partial charge in [-0.3, -0.25) is 9.69 Å². The van der Waals surface area contributed by atoms with E-state index in [2.05, 4.69) is 35.3 Å². The van der Waals surface area contributed by atoms with Crippen molar-refractivity contribution in [2.75, 3.05) is 26.3 Å².